The lowest BCUT2D eigenvalue weighted by Gasteiger charge is -2.37. The van der Waals surface area contributed by atoms with Crippen molar-refractivity contribution in [2.75, 3.05) is 26.2 Å². The first-order valence-electron chi connectivity index (χ1n) is 6.68. The molecule has 1 heterocycles. The fraction of sp³-hybridized carbons (Fsp3) is 0.533. The van der Waals surface area contributed by atoms with Crippen LogP contribution in [-0.2, 0) is 0 Å². The Morgan fingerprint density at radius 3 is 2.28 bits per heavy atom. The molecule has 98 valence electrons. The van der Waals surface area contributed by atoms with Crippen molar-refractivity contribution in [3.8, 4) is 0 Å². The zero-order valence-corrected chi connectivity index (χ0v) is 11.5. The third kappa shape index (κ3) is 2.72. The van der Waals surface area contributed by atoms with Crippen molar-refractivity contribution in [1.82, 2.24) is 9.80 Å². The van der Waals surface area contributed by atoms with E-state index in [0.29, 0.717) is 6.04 Å². The maximum Gasteiger partial charge on any atom is 0.254 e. The minimum atomic E-state index is 0.177. The summed E-state index contributed by atoms with van der Waals surface area (Å²) >= 11 is 0. The molecule has 0 aromatic heterocycles. The number of piperazine rings is 1. The number of aryl methyl sites for hydroxylation is 1. The normalized spacial score (nSPS) is 17.2. The van der Waals surface area contributed by atoms with Crippen LogP contribution in [0.15, 0.2) is 24.3 Å². The Morgan fingerprint density at radius 2 is 1.72 bits per heavy atom. The summed E-state index contributed by atoms with van der Waals surface area (Å²) < 4.78 is 0. The molecule has 1 saturated heterocycles. The number of amides is 1. The van der Waals surface area contributed by atoms with Crippen molar-refractivity contribution >= 4 is 5.91 Å². The molecule has 1 aromatic carbocycles. The van der Waals surface area contributed by atoms with Gasteiger partial charge in [-0.1, -0.05) is 18.2 Å². The zero-order valence-electron chi connectivity index (χ0n) is 11.5. The van der Waals surface area contributed by atoms with E-state index in [1.165, 1.54) is 0 Å². The summed E-state index contributed by atoms with van der Waals surface area (Å²) in [7, 11) is 0. The summed E-state index contributed by atoms with van der Waals surface area (Å²) in [6, 6.07) is 8.40. The third-order valence-corrected chi connectivity index (χ3v) is 3.71. The van der Waals surface area contributed by atoms with Crippen molar-refractivity contribution in [1.29, 1.82) is 0 Å². The van der Waals surface area contributed by atoms with E-state index in [1.807, 2.05) is 36.1 Å². The van der Waals surface area contributed by atoms with Gasteiger partial charge >= 0.3 is 0 Å². The van der Waals surface area contributed by atoms with E-state index in [9.17, 15) is 4.79 Å². The van der Waals surface area contributed by atoms with E-state index < -0.39 is 0 Å². The van der Waals surface area contributed by atoms with Gasteiger partial charge in [0.05, 0.1) is 0 Å². The molecular weight excluding hydrogens is 224 g/mol. The van der Waals surface area contributed by atoms with Gasteiger partial charge < -0.3 is 4.90 Å². The first kappa shape index (κ1) is 13.1. The molecule has 3 nitrogen and oxygen atoms in total. The van der Waals surface area contributed by atoms with Gasteiger partial charge in [0.15, 0.2) is 0 Å². The van der Waals surface area contributed by atoms with Crippen molar-refractivity contribution in [2.24, 2.45) is 0 Å². The molecule has 2 rings (SSSR count). The second-order valence-electron chi connectivity index (χ2n) is 5.24. The molecule has 1 aliphatic heterocycles. The van der Waals surface area contributed by atoms with Gasteiger partial charge in [-0.2, -0.15) is 0 Å². The second kappa shape index (κ2) is 5.53. The molecule has 0 aliphatic carbocycles. The second-order valence-corrected chi connectivity index (χ2v) is 5.24. The van der Waals surface area contributed by atoms with Gasteiger partial charge in [0.1, 0.15) is 0 Å². The molecule has 0 unspecified atom stereocenters. The Morgan fingerprint density at radius 1 is 1.11 bits per heavy atom. The number of carbonyl (C=O) groups is 1. The van der Waals surface area contributed by atoms with Gasteiger partial charge in [0.2, 0.25) is 0 Å². The Hall–Kier alpha value is -1.35. The Balaban J connectivity index is 2.02. The minimum Gasteiger partial charge on any atom is -0.336 e. The molecule has 0 atom stereocenters. The standard InChI is InChI=1S/C15H22N2O/c1-12(2)16-8-10-17(11-9-16)15(18)14-7-5-4-6-13(14)3/h4-7,12H,8-11H2,1-3H3. The number of rotatable bonds is 2. The van der Waals surface area contributed by atoms with Gasteiger partial charge in [-0.15, -0.1) is 0 Å². The largest absolute Gasteiger partial charge is 0.336 e. The van der Waals surface area contributed by atoms with Crippen LogP contribution in [0.3, 0.4) is 0 Å². The summed E-state index contributed by atoms with van der Waals surface area (Å²) in [4.78, 5) is 16.8. The molecule has 0 radical (unpaired) electrons. The van der Waals surface area contributed by atoms with Crippen LogP contribution in [0, 0.1) is 6.92 Å². The van der Waals surface area contributed by atoms with Crippen LogP contribution in [0.1, 0.15) is 29.8 Å². The summed E-state index contributed by atoms with van der Waals surface area (Å²) in [5, 5.41) is 0. The van der Waals surface area contributed by atoms with E-state index in [2.05, 4.69) is 18.7 Å². The lowest BCUT2D eigenvalue weighted by Crippen LogP contribution is -2.50. The van der Waals surface area contributed by atoms with E-state index in [-0.39, 0.29) is 5.91 Å². The van der Waals surface area contributed by atoms with Crippen molar-refractivity contribution in [2.45, 2.75) is 26.8 Å². The first-order chi connectivity index (χ1) is 8.59. The minimum absolute atomic E-state index is 0.177. The number of benzene rings is 1. The Bertz CT molecular complexity index is 420. The van der Waals surface area contributed by atoms with Crippen LogP contribution in [0.25, 0.3) is 0 Å². The maximum atomic E-state index is 12.4. The number of carbonyl (C=O) groups excluding carboxylic acids is 1. The zero-order chi connectivity index (χ0) is 13.1. The summed E-state index contributed by atoms with van der Waals surface area (Å²) in [5.41, 5.74) is 1.91. The lowest BCUT2D eigenvalue weighted by molar-refractivity contribution is 0.0595. The number of hydrogen-bond acceptors (Lipinski definition) is 2. The Labute approximate surface area is 109 Å². The predicted octanol–water partition coefficient (Wildman–Crippen LogP) is 2.16. The van der Waals surface area contributed by atoms with E-state index in [4.69, 9.17) is 0 Å². The summed E-state index contributed by atoms with van der Waals surface area (Å²) in [6.45, 7) is 10.1. The number of nitrogens with zero attached hydrogens (tertiary/aromatic N) is 2. The van der Waals surface area contributed by atoms with Gasteiger partial charge in [0.25, 0.3) is 5.91 Å². The van der Waals surface area contributed by atoms with Crippen LogP contribution in [0.4, 0.5) is 0 Å². The average molecular weight is 246 g/mol. The number of hydrogen-bond donors (Lipinski definition) is 0. The molecule has 18 heavy (non-hydrogen) atoms. The molecular formula is C15H22N2O. The van der Waals surface area contributed by atoms with Crippen molar-refractivity contribution in [3.05, 3.63) is 35.4 Å². The van der Waals surface area contributed by atoms with Gasteiger partial charge in [-0.3, -0.25) is 9.69 Å². The predicted molar refractivity (Wildman–Crippen MR) is 73.8 cm³/mol. The molecule has 0 N–H and O–H groups in total. The van der Waals surface area contributed by atoms with Crippen LogP contribution in [0.5, 0.6) is 0 Å². The smallest absolute Gasteiger partial charge is 0.254 e. The molecule has 1 aromatic rings. The maximum absolute atomic E-state index is 12.4. The van der Waals surface area contributed by atoms with Crippen LogP contribution in [-0.4, -0.2) is 47.9 Å². The van der Waals surface area contributed by atoms with Gasteiger partial charge in [-0.05, 0) is 32.4 Å². The quantitative estimate of drug-likeness (QED) is 0.798. The van der Waals surface area contributed by atoms with Crippen LogP contribution < -0.4 is 0 Å². The van der Waals surface area contributed by atoms with E-state index >= 15 is 0 Å². The highest BCUT2D eigenvalue weighted by Gasteiger charge is 2.23. The van der Waals surface area contributed by atoms with Crippen LogP contribution >= 0.6 is 0 Å². The first-order valence-corrected chi connectivity index (χ1v) is 6.68. The highest BCUT2D eigenvalue weighted by Crippen LogP contribution is 2.13. The lowest BCUT2D eigenvalue weighted by atomic mass is 10.1. The molecule has 1 aliphatic rings. The van der Waals surface area contributed by atoms with Crippen molar-refractivity contribution < 1.29 is 4.79 Å². The third-order valence-electron chi connectivity index (χ3n) is 3.71. The molecule has 1 fully saturated rings. The SMILES string of the molecule is Cc1ccccc1C(=O)N1CCN(C(C)C)CC1. The molecule has 0 saturated carbocycles. The van der Waals surface area contributed by atoms with Crippen LogP contribution in [0.2, 0.25) is 0 Å². The average Bonchev–Trinajstić information content (AvgIpc) is 2.38. The van der Waals surface area contributed by atoms with E-state index in [0.717, 1.165) is 37.3 Å². The van der Waals surface area contributed by atoms with Crippen molar-refractivity contribution in [3.63, 3.8) is 0 Å². The monoisotopic (exact) mass is 246 g/mol. The highest BCUT2D eigenvalue weighted by molar-refractivity contribution is 5.95. The van der Waals surface area contributed by atoms with Gasteiger partial charge in [0, 0.05) is 37.8 Å². The molecule has 0 spiro atoms. The molecule has 1 amide bonds. The molecule has 0 bridgehead atoms. The Kier molecular flexibility index (Phi) is 4.02. The highest BCUT2D eigenvalue weighted by atomic mass is 16.2. The summed E-state index contributed by atoms with van der Waals surface area (Å²) in [5.74, 6) is 0.177. The fourth-order valence-electron chi connectivity index (χ4n) is 2.42. The van der Waals surface area contributed by atoms with E-state index in [1.54, 1.807) is 0 Å². The van der Waals surface area contributed by atoms with Gasteiger partial charge in [-0.25, -0.2) is 0 Å². The summed E-state index contributed by atoms with van der Waals surface area (Å²) in [6.07, 6.45) is 0. The topological polar surface area (TPSA) is 23.6 Å². The fourth-order valence-corrected chi connectivity index (χ4v) is 2.42. The molecule has 3 heteroatoms.